The van der Waals surface area contributed by atoms with Gasteiger partial charge in [0, 0.05) is 12.0 Å². The summed E-state index contributed by atoms with van der Waals surface area (Å²) < 4.78 is 5.11. The van der Waals surface area contributed by atoms with Gasteiger partial charge in [-0.1, -0.05) is 50.1 Å². The van der Waals surface area contributed by atoms with Gasteiger partial charge in [-0.15, -0.1) is 0 Å². The number of methoxy groups -OCH3 is 1. The minimum Gasteiger partial charge on any atom is -0.497 e. The van der Waals surface area contributed by atoms with Crippen molar-refractivity contribution in [3.05, 3.63) is 65.7 Å². The third-order valence-electron chi connectivity index (χ3n) is 5.37. The fourth-order valence-electron chi connectivity index (χ4n) is 3.33. The molecule has 0 spiro atoms. The van der Waals surface area contributed by atoms with Gasteiger partial charge in [-0.25, -0.2) is 0 Å². The summed E-state index contributed by atoms with van der Waals surface area (Å²) in [6.07, 6.45) is 3.20. The number of rotatable bonds is 13. The molecular weight excluding hydrogens is 434 g/mol. The van der Waals surface area contributed by atoms with E-state index in [0.717, 1.165) is 18.4 Å². The van der Waals surface area contributed by atoms with Crippen LogP contribution in [0.3, 0.4) is 0 Å². The number of ether oxygens (including phenoxy) is 1. The van der Waals surface area contributed by atoms with Gasteiger partial charge < -0.3 is 25.5 Å². The Labute approximate surface area is 200 Å². The van der Waals surface area contributed by atoms with Gasteiger partial charge in [0.05, 0.1) is 13.2 Å². The maximum absolute atomic E-state index is 13.1. The van der Waals surface area contributed by atoms with Crippen molar-refractivity contribution >= 4 is 24.0 Å². The first-order chi connectivity index (χ1) is 16.4. The SMILES string of the molecule is CCCCC(C=O)NC(=O)[C@H](C)NC(=O)[C@H](Cc1ccccc1)NC(=O)c1ccc(OC)cc1. The highest BCUT2D eigenvalue weighted by molar-refractivity contribution is 5.98. The minimum absolute atomic E-state index is 0.246. The fraction of sp³-hybridized carbons (Fsp3) is 0.385. The van der Waals surface area contributed by atoms with Gasteiger partial charge in [0.25, 0.3) is 5.91 Å². The molecule has 1 unspecified atom stereocenters. The molecule has 3 amide bonds. The number of hydrogen-bond acceptors (Lipinski definition) is 5. The molecule has 8 nitrogen and oxygen atoms in total. The first-order valence-corrected chi connectivity index (χ1v) is 11.4. The van der Waals surface area contributed by atoms with Gasteiger partial charge in [0.1, 0.15) is 24.1 Å². The number of aldehydes is 1. The molecule has 0 aromatic heterocycles. The lowest BCUT2D eigenvalue weighted by Gasteiger charge is -2.22. The van der Waals surface area contributed by atoms with Crippen molar-refractivity contribution in [3.63, 3.8) is 0 Å². The van der Waals surface area contributed by atoms with Crippen LogP contribution in [-0.2, 0) is 20.8 Å². The second-order valence-electron chi connectivity index (χ2n) is 8.07. The zero-order valence-corrected chi connectivity index (χ0v) is 19.9. The molecule has 0 aliphatic rings. The average molecular weight is 468 g/mol. The van der Waals surface area contributed by atoms with Crippen molar-refractivity contribution in [1.82, 2.24) is 16.0 Å². The Morgan fingerprint density at radius 2 is 1.62 bits per heavy atom. The van der Waals surface area contributed by atoms with Gasteiger partial charge >= 0.3 is 0 Å². The molecule has 3 N–H and O–H groups in total. The molecule has 2 aromatic rings. The summed E-state index contributed by atoms with van der Waals surface area (Å²) in [6, 6.07) is 13.4. The Hall–Kier alpha value is -3.68. The molecule has 0 heterocycles. The first-order valence-electron chi connectivity index (χ1n) is 11.4. The van der Waals surface area contributed by atoms with Crippen LogP contribution >= 0.6 is 0 Å². The summed E-state index contributed by atoms with van der Waals surface area (Å²) in [6.45, 7) is 3.54. The highest BCUT2D eigenvalue weighted by atomic mass is 16.5. The number of amides is 3. The number of benzene rings is 2. The summed E-state index contributed by atoms with van der Waals surface area (Å²) in [4.78, 5) is 49.6. The van der Waals surface area contributed by atoms with Gasteiger partial charge in [0.2, 0.25) is 11.8 Å². The van der Waals surface area contributed by atoms with E-state index in [9.17, 15) is 19.2 Å². The lowest BCUT2D eigenvalue weighted by Crippen LogP contribution is -2.54. The second kappa shape index (κ2) is 13.8. The summed E-state index contributed by atoms with van der Waals surface area (Å²) in [5.74, 6) is -0.759. The lowest BCUT2D eigenvalue weighted by atomic mass is 10.0. The van der Waals surface area contributed by atoms with E-state index in [2.05, 4.69) is 16.0 Å². The van der Waals surface area contributed by atoms with Crippen molar-refractivity contribution in [2.75, 3.05) is 7.11 Å². The summed E-state index contributed by atoms with van der Waals surface area (Å²) in [5, 5.41) is 8.07. The molecule has 0 saturated heterocycles. The van der Waals surface area contributed by atoms with Gasteiger partial charge in [-0.2, -0.15) is 0 Å². The van der Waals surface area contributed by atoms with Crippen LogP contribution < -0.4 is 20.7 Å². The topological polar surface area (TPSA) is 114 Å². The van der Waals surface area contributed by atoms with E-state index >= 15 is 0 Å². The molecule has 0 aliphatic heterocycles. The summed E-state index contributed by atoms with van der Waals surface area (Å²) >= 11 is 0. The van der Waals surface area contributed by atoms with Crippen LogP contribution in [0.1, 0.15) is 49.0 Å². The van der Waals surface area contributed by atoms with E-state index in [1.54, 1.807) is 31.2 Å². The molecule has 0 fully saturated rings. The Kier molecular flexibility index (Phi) is 10.8. The van der Waals surface area contributed by atoms with E-state index in [1.807, 2.05) is 37.3 Å². The van der Waals surface area contributed by atoms with Gasteiger partial charge in [-0.3, -0.25) is 14.4 Å². The second-order valence-corrected chi connectivity index (χ2v) is 8.07. The van der Waals surface area contributed by atoms with E-state index in [4.69, 9.17) is 4.74 Å². The van der Waals surface area contributed by atoms with E-state index < -0.39 is 35.8 Å². The minimum atomic E-state index is -0.908. The Morgan fingerprint density at radius 3 is 2.21 bits per heavy atom. The van der Waals surface area contributed by atoms with Crippen LogP contribution in [0, 0.1) is 0 Å². The van der Waals surface area contributed by atoms with Crippen LogP contribution in [0.15, 0.2) is 54.6 Å². The molecule has 182 valence electrons. The molecule has 0 aliphatic carbocycles. The predicted molar refractivity (Wildman–Crippen MR) is 130 cm³/mol. The molecule has 0 saturated carbocycles. The molecule has 2 aromatic carbocycles. The van der Waals surface area contributed by atoms with E-state index in [1.165, 1.54) is 7.11 Å². The molecular formula is C26H33N3O5. The fourth-order valence-corrected chi connectivity index (χ4v) is 3.33. The standard InChI is InChI=1S/C26H33N3O5/c1-4-5-11-21(17-30)28-24(31)18(2)27-26(33)23(16-19-9-7-6-8-10-19)29-25(32)20-12-14-22(34-3)15-13-20/h6-10,12-15,17-18,21,23H,4-5,11,16H2,1-3H3,(H,27,33)(H,28,31)(H,29,32)/t18-,21?,23-/m0/s1. The normalized spacial score (nSPS) is 13.1. The third-order valence-corrected chi connectivity index (χ3v) is 5.37. The van der Waals surface area contributed by atoms with E-state index in [-0.39, 0.29) is 6.42 Å². The van der Waals surface area contributed by atoms with Crippen LogP contribution in [0.5, 0.6) is 5.75 Å². The highest BCUT2D eigenvalue weighted by Crippen LogP contribution is 2.12. The van der Waals surface area contributed by atoms with Crippen molar-refractivity contribution < 1.29 is 23.9 Å². The van der Waals surface area contributed by atoms with Gasteiger partial charge in [0.15, 0.2) is 0 Å². The number of unbranched alkanes of at least 4 members (excludes halogenated alkanes) is 1. The molecule has 8 heteroatoms. The molecule has 34 heavy (non-hydrogen) atoms. The Bertz CT molecular complexity index is 947. The lowest BCUT2D eigenvalue weighted by molar-refractivity contribution is -0.130. The first kappa shape index (κ1) is 26.6. The zero-order chi connectivity index (χ0) is 24.9. The van der Waals surface area contributed by atoms with Crippen LogP contribution in [0.25, 0.3) is 0 Å². The Morgan fingerprint density at radius 1 is 0.941 bits per heavy atom. The zero-order valence-electron chi connectivity index (χ0n) is 19.9. The largest absolute Gasteiger partial charge is 0.497 e. The quantitative estimate of drug-likeness (QED) is 0.392. The van der Waals surface area contributed by atoms with Crippen LogP contribution in [-0.4, -0.2) is 49.2 Å². The van der Waals surface area contributed by atoms with E-state index in [0.29, 0.717) is 24.0 Å². The van der Waals surface area contributed by atoms with Crippen LogP contribution in [0.4, 0.5) is 0 Å². The maximum atomic E-state index is 13.1. The van der Waals surface area contributed by atoms with Crippen molar-refractivity contribution in [1.29, 1.82) is 0 Å². The third kappa shape index (κ3) is 8.35. The van der Waals surface area contributed by atoms with Crippen molar-refractivity contribution in [3.8, 4) is 5.75 Å². The Balaban J connectivity index is 2.09. The highest BCUT2D eigenvalue weighted by Gasteiger charge is 2.26. The van der Waals surface area contributed by atoms with Crippen molar-refractivity contribution in [2.45, 2.75) is 57.7 Å². The average Bonchev–Trinajstić information content (AvgIpc) is 2.86. The number of carbonyl (C=O) groups excluding carboxylic acids is 4. The molecule has 3 atom stereocenters. The molecule has 0 bridgehead atoms. The number of hydrogen-bond donors (Lipinski definition) is 3. The summed E-state index contributed by atoms with van der Waals surface area (Å²) in [7, 11) is 1.54. The van der Waals surface area contributed by atoms with Crippen molar-refractivity contribution in [2.24, 2.45) is 0 Å². The molecule has 0 radical (unpaired) electrons. The number of carbonyl (C=O) groups is 4. The van der Waals surface area contributed by atoms with Crippen LogP contribution in [0.2, 0.25) is 0 Å². The monoisotopic (exact) mass is 467 g/mol. The molecule has 2 rings (SSSR count). The number of nitrogens with one attached hydrogen (secondary N) is 3. The maximum Gasteiger partial charge on any atom is 0.251 e. The predicted octanol–water partition coefficient (Wildman–Crippen LogP) is 2.41. The smallest absolute Gasteiger partial charge is 0.251 e. The van der Waals surface area contributed by atoms with Gasteiger partial charge in [-0.05, 0) is 43.2 Å². The summed E-state index contributed by atoms with van der Waals surface area (Å²) in [5.41, 5.74) is 1.23.